The summed E-state index contributed by atoms with van der Waals surface area (Å²) in [6.45, 7) is 0.999. The Bertz CT molecular complexity index is 994. The molecule has 1 fully saturated rings. The molecule has 2 amide bonds. The van der Waals surface area contributed by atoms with Gasteiger partial charge >= 0.3 is 0 Å². The maximum Gasteiger partial charge on any atom is 0.272 e. The van der Waals surface area contributed by atoms with Crippen molar-refractivity contribution in [3.05, 3.63) is 77.4 Å². The van der Waals surface area contributed by atoms with Crippen LogP contribution in [-0.4, -0.2) is 34.8 Å². The van der Waals surface area contributed by atoms with Gasteiger partial charge in [-0.15, -0.1) is 11.3 Å². The molecule has 0 radical (unpaired) electrons. The summed E-state index contributed by atoms with van der Waals surface area (Å²) < 4.78 is 0. The minimum atomic E-state index is -0.645. The van der Waals surface area contributed by atoms with Gasteiger partial charge in [0, 0.05) is 24.2 Å². The Morgan fingerprint density at radius 3 is 2.45 bits per heavy atom. The first-order valence-electron chi connectivity index (χ1n) is 9.71. The van der Waals surface area contributed by atoms with Gasteiger partial charge in [-0.3, -0.25) is 14.6 Å². The Morgan fingerprint density at radius 2 is 1.79 bits per heavy atom. The molecule has 0 aliphatic carbocycles. The number of piperidine rings is 1. The monoisotopic (exact) mass is 405 g/mol. The first kappa shape index (κ1) is 19.3. The number of thiophene rings is 1. The lowest BCUT2D eigenvalue weighted by atomic mass is 9.72. The summed E-state index contributed by atoms with van der Waals surface area (Å²) in [5, 5.41) is 2.05. The van der Waals surface area contributed by atoms with E-state index in [0.717, 1.165) is 11.1 Å². The standard InChI is InChI=1S/C23H23N3O2S/c24-22(28)23(16-17-6-1-2-7-18(17)20-9-5-15-29-20)10-13-26(14-11-23)21(27)19-8-3-4-12-25-19/h1-9,12,15H,10-11,13-14,16H2,(H2,24,28). The van der Waals surface area contributed by atoms with Crippen molar-refractivity contribution in [2.75, 3.05) is 13.1 Å². The Morgan fingerprint density at radius 1 is 1.03 bits per heavy atom. The molecule has 3 aromatic rings. The average molecular weight is 406 g/mol. The molecule has 5 nitrogen and oxygen atoms in total. The maximum absolute atomic E-state index is 12.7. The second kappa shape index (κ2) is 8.17. The molecule has 4 rings (SSSR count). The van der Waals surface area contributed by atoms with Crippen LogP contribution in [0.2, 0.25) is 0 Å². The van der Waals surface area contributed by atoms with Gasteiger partial charge in [-0.25, -0.2) is 0 Å². The highest BCUT2D eigenvalue weighted by Crippen LogP contribution is 2.38. The maximum atomic E-state index is 12.7. The molecule has 6 heteroatoms. The highest BCUT2D eigenvalue weighted by atomic mass is 32.1. The van der Waals surface area contributed by atoms with Gasteiger partial charge in [-0.2, -0.15) is 0 Å². The SMILES string of the molecule is NC(=O)C1(Cc2ccccc2-c2cccs2)CCN(C(=O)c2ccccn2)CC1. The van der Waals surface area contributed by atoms with Crippen molar-refractivity contribution in [2.45, 2.75) is 19.3 Å². The van der Waals surface area contributed by atoms with E-state index in [1.807, 2.05) is 18.2 Å². The fourth-order valence-electron chi connectivity index (χ4n) is 4.01. The molecule has 2 aromatic heterocycles. The van der Waals surface area contributed by atoms with E-state index in [4.69, 9.17) is 5.73 Å². The summed E-state index contributed by atoms with van der Waals surface area (Å²) in [5.41, 5.74) is 7.96. The summed E-state index contributed by atoms with van der Waals surface area (Å²) in [6, 6.07) is 17.6. The molecule has 0 unspecified atom stereocenters. The second-order valence-corrected chi connectivity index (χ2v) is 8.41. The Kier molecular flexibility index (Phi) is 5.45. The molecular weight excluding hydrogens is 382 g/mol. The number of pyridine rings is 1. The molecule has 2 N–H and O–H groups in total. The van der Waals surface area contributed by atoms with Crippen LogP contribution in [0, 0.1) is 5.41 Å². The molecule has 1 aliphatic heterocycles. The van der Waals surface area contributed by atoms with E-state index >= 15 is 0 Å². The van der Waals surface area contributed by atoms with Crippen molar-refractivity contribution in [3.8, 4) is 10.4 Å². The summed E-state index contributed by atoms with van der Waals surface area (Å²) in [6.07, 6.45) is 3.31. The first-order valence-corrected chi connectivity index (χ1v) is 10.6. The van der Waals surface area contributed by atoms with Crippen LogP contribution in [-0.2, 0) is 11.2 Å². The first-order chi connectivity index (χ1) is 14.1. The second-order valence-electron chi connectivity index (χ2n) is 7.46. The third-order valence-corrected chi connectivity index (χ3v) is 6.65. The van der Waals surface area contributed by atoms with Crippen LogP contribution in [0.15, 0.2) is 66.2 Å². The molecule has 1 saturated heterocycles. The summed E-state index contributed by atoms with van der Waals surface area (Å²) in [4.78, 5) is 32.3. The zero-order chi connectivity index (χ0) is 20.3. The molecule has 1 aliphatic rings. The summed E-state index contributed by atoms with van der Waals surface area (Å²) >= 11 is 1.69. The smallest absolute Gasteiger partial charge is 0.272 e. The van der Waals surface area contributed by atoms with Gasteiger partial charge in [0.15, 0.2) is 0 Å². The molecule has 148 valence electrons. The molecule has 0 bridgehead atoms. The number of carbonyl (C=O) groups is 2. The molecule has 0 spiro atoms. The molecule has 1 aromatic carbocycles. The van der Waals surface area contributed by atoms with Gasteiger partial charge in [0.25, 0.3) is 5.91 Å². The zero-order valence-corrected chi connectivity index (χ0v) is 16.9. The van der Waals surface area contributed by atoms with Gasteiger partial charge in [-0.1, -0.05) is 36.4 Å². The van der Waals surface area contributed by atoms with Crippen molar-refractivity contribution in [1.29, 1.82) is 0 Å². The number of likely N-dealkylation sites (tertiary alicyclic amines) is 1. The number of hydrogen-bond acceptors (Lipinski definition) is 4. The van der Waals surface area contributed by atoms with E-state index in [1.165, 1.54) is 4.88 Å². The fraction of sp³-hybridized carbons (Fsp3) is 0.261. The van der Waals surface area contributed by atoms with Crippen LogP contribution in [0.5, 0.6) is 0 Å². The van der Waals surface area contributed by atoms with Gasteiger partial charge in [0.1, 0.15) is 5.69 Å². The minimum absolute atomic E-state index is 0.0948. The van der Waals surface area contributed by atoms with Crippen LogP contribution in [0.3, 0.4) is 0 Å². The lowest BCUT2D eigenvalue weighted by molar-refractivity contribution is -0.130. The molecule has 3 heterocycles. The lowest BCUT2D eigenvalue weighted by Gasteiger charge is -2.40. The van der Waals surface area contributed by atoms with Crippen molar-refractivity contribution in [1.82, 2.24) is 9.88 Å². The normalized spacial score (nSPS) is 15.8. The van der Waals surface area contributed by atoms with Crippen molar-refractivity contribution < 1.29 is 9.59 Å². The number of primary amides is 1. The zero-order valence-electron chi connectivity index (χ0n) is 16.1. The predicted octanol–water partition coefficient (Wildman–Crippen LogP) is 3.76. The average Bonchev–Trinajstić information content (AvgIpc) is 3.29. The molecule has 29 heavy (non-hydrogen) atoms. The van der Waals surface area contributed by atoms with E-state index in [9.17, 15) is 9.59 Å². The van der Waals surface area contributed by atoms with Crippen LogP contribution in [0.1, 0.15) is 28.9 Å². The Balaban J connectivity index is 1.54. The van der Waals surface area contributed by atoms with E-state index in [1.54, 1.807) is 40.6 Å². The lowest BCUT2D eigenvalue weighted by Crippen LogP contribution is -2.50. The number of aromatic nitrogens is 1. The molecular formula is C23H23N3O2S. The molecule has 0 saturated carbocycles. The third-order valence-electron chi connectivity index (χ3n) is 5.75. The molecule has 0 atom stereocenters. The largest absolute Gasteiger partial charge is 0.369 e. The van der Waals surface area contributed by atoms with E-state index in [0.29, 0.717) is 38.0 Å². The van der Waals surface area contributed by atoms with Crippen LogP contribution in [0.4, 0.5) is 0 Å². The Labute approximate surface area is 174 Å². The van der Waals surface area contributed by atoms with Crippen LogP contribution < -0.4 is 5.73 Å². The van der Waals surface area contributed by atoms with Crippen molar-refractivity contribution >= 4 is 23.2 Å². The topological polar surface area (TPSA) is 76.3 Å². The quantitative estimate of drug-likeness (QED) is 0.702. The van der Waals surface area contributed by atoms with Crippen molar-refractivity contribution in [2.24, 2.45) is 11.1 Å². The van der Waals surface area contributed by atoms with Gasteiger partial charge < -0.3 is 10.6 Å². The highest BCUT2D eigenvalue weighted by Gasteiger charge is 2.41. The number of carbonyl (C=O) groups excluding carboxylic acids is 2. The van der Waals surface area contributed by atoms with Gasteiger partial charge in [0.2, 0.25) is 5.91 Å². The number of hydrogen-bond donors (Lipinski definition) is 1. The third kappa shape index (κ3) is 3.93. The number of benzene rings is 1. The van der Waals surface area contributed by atoms with Crippen molar-refractivity contribution in [3.63, 3.8) is 0 Å². The number of rotatable bonds is 5. The van der Waals surface area contributed by atoms with Gasteiger partial charge in [0.05, 0.1) is 5.41 Å². The summed E-state index contributed by atoms with van der Waals surface area (Å²) in [5.74, 6) is -0.383. The van der Waals surface area contributed by atoms with E-state index in [2.05, 4.69) is 28.6 Å². The number of amides is 2. The Hall–Kier alpha value is -2.99. The predicted molar refractivity (Wildman–Crippen MR) is 114 cm³/mol. The van der Waals surface area contributed by atoms with Crippen LogP contribution in [0.25, 0.3) is 10.4 Å². The summed E-state index contributed by atoms with van der Waals surface area (Å²) in [7, 11) is 0. The van der Waals surface area contributed by atoms with Gasteiger partial charge in [-0.05, 0) is 54.0 Å². The van der Waals surface area contributed by atoms with E-state index in [-0.39, 0.29) is 11.8 Å². The van der Waals surface area contributed by atoms with E-state index < -0.39 is 5.41 Å². The highest BCUT2D eigenvalue weighted by molar-refractivity contribution is 7.13. The number of nitrogens with zero attached hydrogens (tertiary/aromatic N) is 2. The minimum Gasteiger partial charge on any atom is -0.369 e. The fourth-order valence-corrected chi connectivity index (χ4v) is 4.80. The van der Waals surface area contributed by atoms with Crippen LogP contribution >= 0.6 is 11.3 Å². The number of nitrogens with two attached hydrogens (primary N) is 1.